The predicted molar refractivity (Wildman–Crippen MR) is 50.3 cm³/mol. The van der Waals surface area contributed by atoms with Gasteiger partial charge in [-0.05, 0) is 18.3 Å². The van der Waals surface area contributed by atoms with Crippen molar-refractivity contribution in [1.29, 1.82) is 0 Å². The molecular formula is C11H12N2O3. The van der Waals surface area contributed by atoms with Crippen molar-refractivity contribution in [3.05, 3.63) is 0 Å². The maximum Gasteiger partial charge on any atom is 0.247 e. The van der Waals surface area contributed by atoms with Crippen molar-refractivity contribution in [2.45, 2.75) is 18.6 Å². The smallest absolute Gasteiger partial charge is 0.247 e. The number of hydrogen-bond acceptors (Lipinski definition) is 4. The normalized spacial score (nSPS) is 64.2. The number of carbonyl (C=O) groups excluding carboxylic acids is 2. The number of hydrazine groups is 1. The predicted octanol–water partition coefficient (Wildman–Crippen LogP) is -0.876. The highest BCUT2D eigenvalue weighted by Crippen LogP contribution is 2.72. The number of ether oxygens (including phenoxy) is 1. The van der Waals surface area contributed by atoms with Gasteiger partial charge in [0.15, 0.2) is 0 Å². The Bertz CT molecular complexity index is 395. The number of epoxide rings is 1. The van der Waals surface area contributed by atoms with Gasteiger partial charge in [0, 0.05) is 11.8 Å². The number of nitrogens with zero attached hydrogens (tertiary/aromatic N) is 1. The van der Waals surface area contributed by atoms with Crippen LogP contribution in [0.25, 0.3) is 0 Å². The summed E-state index contributed by atoms with van der Waals surface area (Å²) in [5.41, 5.74) is 0. The first-order valence-electron chi connectivity index (χ1n) is 5.98. The summed E-state index contributed by atoms with van der Waals surface area (Å²) >= 11 is 0. The standard InChI is InChI=1S/C11H12N2O3/c12-13-10(14)6-4-2-1-3(2)5(7(6)11(13)15)9-8(4)16-9/h2-9H,1,12H2. The van der Waals surface area contributed by atoms with E-state index in [-0.39, 0.29) is 47.7 Å². The van der Waals surface area contributed by atoms with Gasteiger partial charge in [-0.25, -0.2) is 10.9 Å². The Hall–Kier alpha value is -0.940. The number of imide groups is 1. The minimum Gasteiger partial charge on any atom is -0.369 e. The molecule has 0 spiro atoms. The molecule has 0 aromatic rings. The monoisotopic (exact) mass is 220 g/mol. The molecule has 2 bridgehead atoms. The van der Waals surface area contributed by atoms with Crippen LogP contribution in [-0.4, -0.2) is 29.0 Å². The Labute approximate surface area is 91.9 Å². The second-order valence-electron chi connectivity index (χ2n) is 5.88. The van der Waals surface area contributed by atoms with Crippen LogP contribution in [0.5, 0.6) is 0 Å². The molecular weight excluding hydrogens is 208 g/mol. The highest BCUT2D eigenvalue weighted by atomic mass is 16.6. The van der Waals surface area contributed by atoms with Crippen LogP contribution in [-0.2, 0) is 14.3 Å². The topological polar surface area (TPSA) is 75.9 Å². The lowest BCUT2D eigenvalue weighted by molar-refractivity contribution is -0.140. The van der Waals surface area contributed by atoms with E-state index in [0.717, 1.165) is 5.01 Å². The van der Waals surface area contributed by atoms with Gasteiger partial charge in [-0.3, -0.25) is 9.59 Å². The molecule has 6 rings (SSSR count). The largest absolute Gasteiger partial charge is 0.369 e. The van der Waals surface area contributed by atoms with E-state index in [0.29, 0.717) is 11.8 Å². The Kier molecular flexibility index (Phi) is 1.06. The highest BCUT2D eigenvalue weighted by molar-refractivity contribution is 6.05. The summed E-state index contributed by atoms with van der Waals surface area (Å²) in [6.07, 6.45) is 1.72. The third-order valence-electron chi connectivity index (χ3n) is 5.46. The summed E-state index contributed by atoms with van der Waals surface area (Å²) in [4.78, 5) is 24.0. The Balaban J connectivity index is 1.70. The first-order chi connectivity index (χ1) is 7.70. The average molecular weight is 220 g/mol. The summed E-state index contributed by atoms with van der Waals surface area (Å²) in [7, 11) is 0. The molecule has 4 aliphatic carbocycles. The molecule has 8 atom stereocenters. The van der Waals surface area contributed by atoms with E-state index >= 15 is 0 Å². The van der Waals surface area contributed by atoms with E-state index in [1.165, 1.54) is 6.42 Å². The second kappa shape index (κ2) is 2.07. The van der Waals surface area contributed by atoms with Crippen LogP contribution >= 0.6 is 0 Å². The number of rotatable bonds is 0. The molecule has 4 saturated carbocycles. The van der Waals surface area contributed by atoms with E-state index in [9.17, 15) is 9.59 Å². The minimum atomic E-state index is -0.163. The van der Waals surface area contributed by atoms with Crippen molar-refractivity contribution in [2.24, 2.45) is 41.4 Å². The maximum absolute atomic E-state index is 12.0. The van der Waals surface area contributed by atoms with Crippen LogP contribution in [0.2, 0.25) is 0 Å². The van der Waals surface area contributed by atoms with Gasteiger partial charge in [-0.2, -0.15) is 0 Å². The lowest BCUT2D eigenvalue weighted by Gasteiger charge is -2.39. The first-order valence-corrected chi connectivity index (χ1v) is 5.98. The van der Waals surface area contributed by atoms with Gasteiger partial charge < -0.3 is 4.74 Å². The number of amides is 2. The summed E-state index contributed by atoms with van der Waals surface area (Å²) in [6, 6.07) is 0. The molecule has 16 heavy (non-hydrogen) atoms. The quantitative estimate of drug-likeness (QED) is 0.249. The summed E-state index contributed by atoms with van der Waals surface area (Å²) in [5, 5.41) is 0.866. The van der Waals surface area contributed by atoms with Crippen LogP contribution < -0.4 is 5.84 Å². The fraction of sp³-hybridized carbons (Fsp3) is 0.818. The van der Waals surface area contributed by atoms with Crippen LogP contribution in [0, 0.1) is 35.5 Å². The van der Waals surface area contributed by atoms with E-state index in [4.69, 9.17) is 10.6 Å². The minimum absolute atomic E-state index is 0.157. The number of carbonyl (C=O) groups is 2. The van der Waals surface area contributed by atoms with Gasteiger partial charge >= 0.3 is 0 Å². The fourth-order valence-corrected chi connectivity index (χ4v) is 4.85. The molecule has 84 valence electrons. The highest BCUT2D eigenvalue weighted by Gasteiger charge is 2.79. The van der Waals surface area contributed by atoms with Crippen molar-refractivity contribution in [1.82, 2.24) is 5.01 Å². The van der Waals surface area contributed by atoms with Gasteiger partial charge in [0.25, 0.3) is 0 Å². The van der Waals surface area contributed by atoms with Crippen molar-refractivity contribution in [3.8, 4) is 0 Å². The van der Waals surface area contributed by atoms with Crippen molar-refractivity contribution < 1.29 is 14.3 Å². The molecule has 0 aromatic heterocycles. The Morgan fingerprint density at radius 1 is 1.06 bits per heavy atom. The lowest BCUT2D eigenvalue weighted by atomic mass is 9.59. The Morgan fingerprint density at radius 3 is 2.06 bits per heavy atom. The molecule has 2 amide bonds. The van der Waals surface area contributed by atoms with Crippen molar-refractivity contribution in [3.63, 3.8) is 0 Å². The van der Waals surface area contributed by atoms with Crippen LogP contribution in [0.1, 0.15) is 6.42 Å². The molecule has 6 fully saturated rings. The van der Waals surface area contributed by atoms with Gasteiger partial charge in [-0.1, -0.05) is 0 Å². The third kappa shape index (κ3) is 0.627. The lowest BCUT2D eigenvalue weighted by Crippen LogP contribution is -2.48. The zero-order chi connectivity index (χ0) is 10.8. The zero-order valence-corrected chi connectivity index (χ0v) is 8.58. The van der Waals surface area contributed by atoms with Gasteiger partial charge in [-0.15, -0.1) is 0 Å². The third-order valence-corrected chi connectivity index (χ3v) is 5.46. The van der Waals surface area contributed by atoms with E-state index in [2.05, 4.69) is 0 Å². The molecule has 2 saturated heterocycles. The van der Waals surface area contributed by atoms with Crippen LogP contribution in [0.3, 0.4) is 0 Å². The van der Waals surface area contributed by atoms with Crippen LogP contribution in [0.15, 0.2) is 0 Å². The van der Waals surface area contributed by atoms with E-state index in [1.807, 2.05) is 0 Å². The van der Waals surface area contributed by atoms with Gasteiger partial charge in [0.05, 0.1) is 24.0 Å². The maximum atomic E-state index is 12.0. The summed E-state index contributed by atoms with van der Waals surface area (Å²) in [5.74, 6) is 6.76. The molecule has 5 nitrogen and oxygen atoms in total. The number of nitrogens with two attached hydrogens (primary N) is 1. The first kappa shape index (κ1) is 8.20. The van der Waals surface area contributed by atoms with E-state index in [1.54, 1.807) is 0 Å². The fourth-order valence-electron chi connectivity index (χ4n) is 4.85. The van der Waals surface area contributed by atoms with Gasteiger partial charge in [0.2, 0.25) is 11.8 Å². The average Bonchev–Trinajstić information content (AvgIpc) is 3.13. The molecule has 2 heterocycles. The summed E-state index contributed by atoms with van der Waals surface area (Å²) in [6.45, 7) is 0. The van der Waals surface area contributed by atoms with Crippen LogP contribution in [0.4, 0.5) is 0 Å². The molecule has 0 aromatic carbocycles. The SMILES string of the molecule is NN1C(=O)C2C(C1=O)C1C3CC3C2C2OC21. The zero-order valence-electron chi connectivity index (χ0n) is 8.58. The van der Waals surface area contributed by atoms with Crippen molar-refractivity contribution in [2.75, 3.05) is 0 Å². The summed E-state index contributed by atoms with van der Waals surface area (Å²) < 4.78 is 5.67. The number of hydrogen-bond donors (Lipinski definition) is 1. The molecule has 2 N–H and O–H groups in total. The van der Waals surface area contributed by atoms with E-state index < -0.39 is 0 Å². The molecule has 6 aliphatic rings. The molecule has 0 radical (unpaired) electrons. The molecule has 5 heteroatoms. The van der Waals surface area contributed by atoms with Gasteiger partial charge in [0.1, 0.15) is 0 Å². The molecule has 8 unspecified atom stereocenters. The molecule has 2 aliphatic heterocycles. The van der Waals surface area contributed by atoms with Crippen molar-refractivity contribution >= 4 is 11.8 Å². The Morgan fingerprint density at radius 2 is 1.56 bits per heavy atom. The second-order valence-corrected chi connectivity index (χ2v) is 5.88.